The molecule has 1 aliphatic rings. The zero-order chi connectivity index (χ0) is 19.4. The summed E-state index contributed by atoms with van der Waals surface area (Å²) in [6, 6.07) is 6.42. The van der Waals surface area contributed by atoms with Crippen molar-refractivity contribution in [2.45, 2.75) is 11.8 Å². The van der Waals surface area contributed by atoms with Gasteiger partial charge in [-0.2, -0.15) is 9.29 Å². The van der Waals surface area contributed by atoms with Gasteiger partial charge in [0, 0.05) is 26.2 Å². The van der Waals surface area contributed by atoms with Gasteiger partial charge in [0.1, 0.15) is 5.75 Å². The standard InChI is InChI=1S/C16H20N4O6S/c1-3-25-15(21)14-17-16(26-18-14)19-8-10-20(11-9-19)27(22,23)13-6-4-12(24-2)5-7-13/h4-7H,3,8-11H2,1-2H3. The number of aromatic nitrogens is 2. The summed E-state index contributed by atoms with van der Waals surface area (Å²) in [5.74, 6) is -0.221. The number of carbonyl (C=O) groups excluding carboxylic acids is 1. The van der Waals surface area contributed by atoms with Crippen LogP contribution in [0.1, 0.15) is 17.5 Å². The zero-order valence-electron chi connectivity index (χ0n) is 15.0. The molecule has 1 fully saturated rings. The molecule has 0 aliphatic carbocycles. The fourth-order valence-electron chi connectivity index (χ4n) is 2.64. The fraction of sp³-hybridized carbons (Fsp3) is 0.438. The van der Waals surface area contributed by atoms with E-state index in [1.807, 2.05) is 0 Å². The number of hydrogen-bond acceptors (Lipinski definition) is 9. The van der Waals surface area contributed by atoms with E-state index in [9.17, 15) is 13.2 Å². The van der Waals surface area contributed by atoms with Crippen LogP contribution in [-0.2, 0) is 14.8 Å². The molecule has 2 heterocycles. The van der Waals surface area contributed by atoms with Crippen LogP contribution in [0.15, 0.2) is 33.7 Å². The van der Waals surface area contributed by atoms with Gasteiger partial charge < -0.3 is 18.9 Å². The van der Waals surface area contributed by atoms with Gasteiger partial charge in [-0.1, -0.05) is 0 Å². The van der Waals surface area contributed by atoms with Gasteiger partial charge in [0.2, 0.25) is 10.0 Å². The van der Waals surface area contributed by atoms with Crippen molar-refractivity contribution in [3.63, 3.8) is 0 Å². The van der Waals surface area contributed by atoms with E-state index >= 15 is 0 Å². The summed E-state index contributed by atoms with van der Waals surface area (Å²) in [5.41, 5.74) is 0. The number of carbonyl (C=O) groups is 1. The Balaban J connectivity index is 1.65. The number of esters is 1. The molecule has 0 radical (unpaired) electrons. The van der Waals surface area contributed by atoms with Crippen LogP contribution < -0.4 is 9.64 Å². The summed E-state index contributed by atoms with van der Waals surface area (Å²) in [6.45, 7) is 3.13. The highest BCUT2D eigenvalue weighted by molar-refractivity contribution is 7.89. The number of benzene rings is 1. The van der Waals surface area contributed by atoms with Crippen molar-refractivity contribution in [3.8, 4) is 5.75 Å². The molecule has 0 saturated carbocycles. The molecular weight excluding hydrogens is 376 g/mol. The molecule has 1 aromatic carbocycles. The molecule has 146 valence electrons. The Morgan fingerprint density at radius 1 is 1.19 bits per heavy atom. The minimum Gasteiger partial charge on any atom is -0.497 e. The highest BCUT2D eigenvalue weighted by Gasteiger charge is 2.30. The van der Waals surface area contributed by atoms with Gasteiger partial charge in [-0.25, -0.2) is 13.2 Å². The van der Waals surface area contributed by atoms with Crippen molar-refractivity contribution in [1.29, 1.82) is 0 Å². The quantitative estimate of drug-likeness (QED) is 0.653. The average molecular weight is 396 g/mol. The second-order valence-electron chi connectivity index (χ2n) is 5.69. The molecule has 0 unspecified atom stereocenters. The molecule has 0 amide bonds. The number of methoxy groups -OCH3 is 1. The number of nitrogens with zero attached hydrogens (tertiary/aromatic N) is 4. The van der Waals surface area contributed by atoms with E-state index in [4.69, 9.17) is 14.0 Å². The third-order valence-corrected chi connectivity index (χ3v) is 5.99. The van der Waals surface area contributed by atoms with E-state index in [0.29, 0.717) is 18.8 Å². The Bertz CT molecular complexity index is 888. The van der Waals surface area contributed by atoms with Crippen LogP contribution in [-0.4, -0.2) is 68.7 Å². The van der Waals surface area contributed by atoms with E-state index in [0.717, 1.165) is 0 Å². The molecule has 1 aliphatic heterocycles. The van der Waals surface area contributed by atoms with Gasteiger partial charge in [0.05, 0.1) is 18.6 Å². The van der Waals surface area contributed by atoms with Crippen molar-refractivity contribution < 1.29 is 27.2 Å². The summed E-state index contributed by atoms with van der Waals surface area (Å²) in [6.07, 6.45) is 0. The minimum absolute atomic E-state index is 0.153. The van der Waals surface area contributed by atoms with Crippen molar-refractivity contribution in [3.05, 3.63) is 30.1 Å². The number of anilines is 1. The Labute approximate surface area is 156 Å². The molecule has 27 heavy (non-hydrogen) atoms. The summed E-state index contributed by atoms with van der Waals surface area (Å²) >= 11 is 0. The number of hydrogen-bond donors (Lipinski definition) is 0. The van der Waals surface area contributed by atoms with Crippen LogP contribution in [0, 0.1) is 0 Å². The van der Waals surface area contributed by atoms with Crippen LogP contribution >= 0.6 is 0 Å². The highest BCUT2D eigenvalue weighted by atomic mass is 32.2. The molecule has 10 nitrogen and oxygen atoms in total. The SMILES string of the molecule is CCOC(=O)c1noc(N2CCN(S(=O)(=O)c3ccc(OC)cc3)CC2)n1. The third kappa shape index (κ3) is 4.03. The molecule has 0 atom stereocenters. The maximum atomic E-state index is 12.7. The molecule has 0 bridgehead atoms. The molecular formula is C16H20N4O6S. The molecule has 0 spiro atoms. The lowest BCUT2D eigenvalue weighted by atomic mass is 10.3. The maximum Gasteiger partial charge on any atom is 0.380 e. The molecule has 3 rings (SSSR count). The Morgan fingerprint density at radius 3 is 2.44 bits per heavy atom. The summed E-state index contributed by atoms with van der Waals surface area (Å²) in [7, 11) is -2.08. The second kappa shape index (κ2) is 7.92. The first kappa shape index (κ1) is 19.1. The lowest BCUT2D eigenvalue weighted by Gasteiger charge is -2.32. The average Bonchev–Trinajstić information content (AvgIpc) is 3.19. The number of sulfonamides is 1. The first-order valence-corrected chi connectivity index (χ1v) is 9.79. The molecule has 1 saturated heterocycles. The van der Waals surface area contributed by atoms with Gasteiger partial charge in [-0.15, -0.1) is 0 Å². The van der Waals surface area contributed by atoms with Crippen LogP contribution in [0.3, 0.4) is 0 Å². The topological polar surface area (TPSA) is 115 Å². The van der Waals surface area contributed by atoms with Gasteiger partial charge in [0.15, 0.2) is 0 Å². The van der Waals surface area contributed by atoms with Gasteiger partial charge in [-0.05, 0) is 36.3 Å². The van der Waals surface area contributed by atoms with E-state index in [1.165, 1.54) is 23.5 Å². The maximum absolute atomic E-state index is 12.7. The Kier molecular flexibility index (Phi) is 5.61. The smallest absolute Gasteiger partial charge is 0.380 e. The number of piperazine rings is 1. The van der Waals surface area contributed by atoms with Crippen molar-refractivity contribution in [1.82, 2.24) is 14.4 Å². The van der Waals surface area contributed by atoms with Crippen LogP contribution in [0.5, 0.6) is 5.75 Å². The van der Waals surface area contributed by atoms with Gasteiger partial charge >= 0.3 is 12.0 Å². The van der Waals surface area contributed by atoms with Crippen molar-refractivity contribution in [2.24, 2.45) is 0 Å². The van der Waals surface area contributed by atoms with E-state index in [2.05, 4.69) is 10.1 Å². The summed E-state index contributed by atoms with van der Waals surface area (Å²) < 4.78 is 41.9. The van der Waals surface area contributed by atoms with E-state index in [1.54, 1.807) is 24.0 Å². The summed E-state index contributed by atoms with van der Waals surface area (Å²) in [4.78, 5) is 17.6. The number of ether oxygens (including phenoxy) is 2. The van der Waals surface area contributed by atoms with Crippen LogP contribution in [0.2, 0.25) is 0 Å². The predicted octanol–water partition coefficient (Wildman–Crippen LogP) is 0.766. The minimum atomic E-state index is -3.60. The largest absolute Gasteiger partial charge is 0.497 e. The van der Waals surface area contributed by atoms with Gasteiger partial charge in [0.25, 0.3) is 5.82 Å². The first-order valence-electron chi connectivity index (χ1n) is 8.35. The monoisotopic (exact) mass is 396 g/mol. The first-order chi connectivity index (χ1) is 13.0. The van der Waals surface area contributed by atoms with E-state index < -0.39 is 16.0 Å². The van der Waals surface area contributed by atoms with Crippen LogP contribution in [0.4, 0.5) is 6.01 Å². The Morgan fingerprint density at radius 2 is 1.85 bits per heavy atom. The lowest BCUT2D eigenvalue weighted by molar-refractivity contribution is 0.0508. The van der Waals surface area contributed by atoms with Crippen LogP contribution in [0.25, 0.3) is 0 Å². The lowest BCUT2D eigenvalue weighted by Crippen LogP contribution is -2.48. The fourth-order valence-corrected chi connectivity index (χ4v) is 4.06. The highest BCUT2D eigenvalue weighted by Crippen LogP contribution is 2.22. The number of rotatable bonds is 6. The van der Waals surface area contributed by atoms with E-state index in [-0.39, 0.29) is 36.4 Å². The van der Waals surface area contributed by atoms with Crippen molar-refractivity contribution in [2.75, 3.05) is 44.8 Å². The molecule has 2 aromatic rings. The summed E-state index contributed by atoms with van der Waals surface area (Å²) in [5, 5.41) is 3.60. The molecule has 1 aromatic heterocycles. The zero-order valence-corrected chi connectivity index (χ0v) is 15.8. The second-order valence-corrected chi connectivity index (χ2v) is 7.63. The van der Waals surface area contributed by atoms with Gasteiger partial charge in [-0.3, -0.25) is 0 Å². The molecule has 0 N–H and O–H groups in total. The normalized spacial score (nSPS) is 15.6. The Hall–Kier alpha value is -2.66. The third-order valence-electron chi connectivity index (χ3n) is 4.08. The molecule has 11 heteroatoms. The van der Waals surface area contributed by atoms with Crippen molar-refractivity contribution >= 4 is 22.0 Å². The predicted molar refractivity (Wildman–Crippen MR) is 94.2 cm³/mol.